The van der Waals surface area contributed by atoms with Gasteiger partial charge in [-0.15, -0.1) is 11.3 Å². The van der Waals surface area contributed by atoms with Crippen molar-refractivity contribution in [1.82, 2.24) is 4.98 Å². The molecule has 2 aromatic rings. The number of nitrogens with zero attached hydrogens (tertiary/aromatic N) is 1. The molecule has 16 heavy (non-hydrogen) atoms. The molecule has 4 nitrogen and oxygen atoms in total. The number of anilines is 2. The summed E-state index contributed by atoms with van der Waals surface area (Å²) in [5.41, 5.74) is 2.37. The van der Waals surface area contributed by atoms with Gasteiger partial charge in [0, 0.05) is 10.2 Å². The summed E-state index contributed by atoms with van der Waals surface area (Å²) >= 11 is 4.61. The van der Waals surface area contributed by atoms with Crippen molar-refractivity contribution in [3.63, 3.8) is 0 Å². The van der Waals surface area contributed by atoms with Crippen molar-refractivity contribution >= 4 is 43.9 Å². The molecule has 0 atom stereocenters. The van der Waals surface area contributed by atoms with Crippen molar-refractivity contribution in [2.75, 3.05) is 5.32 Å². The largest absolute Gasteiger partial charge is 0.476 e. The number of nitrogens with one attached hydrogen (secondary N) is 1. The van der Waals surface area contributed by atoms with Gasteiger partial charge in [0.25, 0.3) is 0 Å². The highest BCUT2D eigenvalue weighted by Crippen LogP contribution is 2.26. The molecule has 0 fully saturated rings. The summed E-state index contributed by atoms with van der Waals surface area (Å²) in [6.07, 6.45) is 0. The van der Waals surface area contributed by atoms with E-state index in [1.54, 1.807) is 0 Å². The molecule has 0 aliphatic rings. The van der Waals surface area contributed by atoms with Crippen molar-refractivity contribution in [1.29, 1.82) is 0 Å². The van der Waals surface area contributed by atoms with Crippen LogP contribution in [0.5, 0.6) is 0 Å². The van der Waals surface area contributed by atoms with Crippen LogP contribution in [0.2, 0.25) is 0 Å². The Morgan fingerprint density at radius 1 is 1.50 bits per heavy atom. The summed E-state index contributed by atoms with van der Waals surface area (Å²) in [6, 6.07) is 7.49. The third kappa shape index (κ3) is 2.40. The Morgan fingerprint density at radius 3 is 3.00 bits per heavy atom. The summed E-state index contributed by atoms with van der Waals surface area (Å²) in [7, 11) is 0. The lowest BCUT2D eigenvalue weighted by Crippen LogP contribution is -2.00. The zero-order chi connectivity index (χ0) is 11.5. The summed E-state index contributed by atoms with van der Waals surface area (Å²) in [4.78, 5) is 14.6. The van der Waals surface area contributed by atoms with Gasteiger partial charge in [-0.3, -0.25) is 0 Å². The standard InChI is InChI=1S/C10H7BrN2O2S/c11-6-2-1-3-7(4-6)13-9-8(10(14)15)12-5-16-9/h1-5,13H,(H,14,15). The van der Waals surface area contributed by atoms with Crippen molar-refractivity contribution in [2.45, 2.75) is 0 Å². The number of carboxylic acid groups (broad SMARTS) is 1. The van der Waals surface area contributed by atoms with Crippen molar-refractivity contribution in [3.8, 4) is 0 Å². The van der Waals surface area contributed by atoms with Crippen LogP contribution in [0.15, 0.2) is 34.2 Å². The van der Waals surface area contributed by atoms with E-state index in [1.165, 1.54) is 16.8 Å². The molecule has 0 saturated heterocycles. The average molecular weight is 299 g/mol. The molecule has 0 aliphatic carbocycles. The number of hydrogen-bond acceptors (Lipinski definition) is 4. The number of aromatic carboxylic acids is 1. The molecule has 2 rings (SSSR count). The van der Waals surface area contributed by atoms with Crippen LogP contribution in [-0.4, -0.2) is 16.1 Å². The minimum Gasteiger partial charge on any atom is -0.476 e. The first kappa shape index (κ1) is 11.1. The zero-order valence-electron chi connectivity index (χ0n) is 7.98. The number of carboxylic acids is 1. The van der Waals surface area contributed by atoms with Gasteiger partial charge in [0.1, 0.15) is 5.00 Å². The topological polar surface area (TPSA) is 62.2 Å². The Hall–Kier alpha value is -1.40. The summed E-state index contributed by atoms with van der Waals surface area (Å²) in [5, 5.41) is 12.4. The second-order valence-corrected chi connectivity index (χ2v) is 4.74. The first-order valence-electron chi connectivity index (χ1n) is 4.36. The predicted octanol–water partition coefficient (Wildman–Crippen LogP) is 3.35. The van der Waals surface area contributed by atoms with Crippen LogP contribution < -0.4 is 5.32 Å². The molecule has 0 unspecified atom stereocenters. The molecule has 1 heterocycles. The Morgan fingerprint density at radius 2 is 2.31 bits per heavy atom. The van der Waals surface area contributed by atoms with Crippen LogP contribution in [0.4, 0.5) is 10.7 Å². The van der Waals surface area contributed by atoms with Crippen LogP contribution in [0.25, 0.3) is 0 Å². The molecule has 6 heteroatoms. The highest BCUT2D eigenvalue weighted by atomic mass is 79.9. The maximum Gasteiger partial charge on any atom is 0.357 e. The molecular formula is C10H7BrN2O2S. The van der Waals surface area contributed by atoms with E-state index in [4.69, 9.17) is 5.11 Å². The van der Waals surface area contributed by atoms with Crippen LogP contribution in [0, 0.1) is 0 Å². The summed E-state index contributed by atoms with van der Waals surface area (Å²) in [6.45, 7) is 0. The molecule has 0 radical (unpaired) electrons. The van der Waals surface area contributed by atoms with Gasteiger partial charge in [0.05, 0.1) is 5.51 Å². The van der Waals surface area contributed by atoms with Gasteiger partial charge in [-0.25, -0.2) is 9.78 Å². The molecule has 2 N–H and O–H groups in total. The maximum atomic E-state index is 10.8. The molecule has 82 valence electrons. The van der Waals surface area contributed by atoms with E-state index in [0.29, 0.717) is 5.00 Å². The number of aromatic nitrogens is 1. The zero-order valence-corrected chi connectivity index (χ0v) is 10.4. The molecule has 1 aromatic carbocycles. The van der Waals surface area contributed by atoms with E-state index in [9.17, 15) is 4.79 Å². The number of thiazole rings is 1. The SMILES string of the molecule is O=C(O)c1ncsc1Nc1cccc(Br)c1. The lowest BCUT2D eigenvalue weighted by atomic mass is 10.3. The molecule has 0 aliphatic heterocycles. The van der Waals surface area contributed by atoms with E-state index < -0.39 is 5.97 Å². The number of carbonyl (C=O) groups is 1. The Kier molecular flexibility index (Phi) is 3.21. The predicted molar refractivity (Wildman–Crippen MR) is 66.5 cm³/mol. The van der Waals surface area contributed by atoms with E-state index in [-0.39, 0.29) is 5.69 Å². The van der Waals surface area contributed by atoms with Gasteiger partial charge in [0.2, 0.25) is 0 Å². The number of hydrogen-bond donors (Lipinski definition) is 2. The van der Waals surface area contributed by atoms with Gasteiger partial charge in [0.15, 0.2) is 5.69 Å². The number of benzene rings is 1. The smallest absolute Gasteiger partial charge is 0.357 e. The lowest BCUT2D eigenvalue weighted by Gasteiger charge is -2.04. The first-order valence-corrected chi connectivity index (χ1v) is 6.03. The van der Waals surface area contributed by atoms with E-state index >= 15 is 0 Å². The summed E-state index contributed by atoms with van der Waals surface area (Å²) < 4.78 is 0.930. The highest BCUT2D eigenvalue weighted by molar-refractivity contribution is 9.10. The van der Waals surface area contributed by atoms with E-state index in [1.807, 2.05) is 24.3 Å². The van der Waals surface area contributed by atoms with Gasteiger partial charge >= 0.3 is 5.97 Å². The highest BCUT2D eigenvalue weighted by Gasteiger charge is 2.13. The normalized spacial score (nSPS) is 10.1. The molecule has 0 spiro atoms. The Balaban J connectivity index is 2.27. The second-order valence-electron chi connectivity index (χ2n) is 2.97. The molecule has 0 saturated carbocycles. The quantitative estimate of drug-likeness (QED) is 0.912. The number of rotatable bonds is 3. The van der Waals surface area contributed by atoms with Crippen LogP contribution in [-0.2, 0) is 0 Å². The first-order chi connectivity index (χ1) is 7.66. The monoisotopic (exact) mass is 298 g/mol. The van der Waals surface area contributed by atoms with E-state index in [0.717, 1.165) is 10.2 Å². The third-order valence-corrected chi connectivity index (χ3v) is 3.09. The fourth-order valence-electron chi connectivity index (χ4n) is 1.18. The molecule has 0 bridgehead atoms. The minimum absolute atomic E-state index is 0.0463. The fraction of sp³-hybridized carbons (Fsp3) is 0. The second kappa shape index (κ2) is 4.63. The lowest BCUT2D eigenvalue weighted by molar-refractivity contribution is 0.0692. The molecule has 1 aromatic heterocycles. The number of halogens is 1. The molecule has 0 amide bonds. The maximum absolute atomic E-state index is 10.8. The Bertz CT molecular complexity index is 527. The van der Waals surface area contributed by atoms with Crippen molar-refractivity contribution in [3.05, 3.63) is 39.9 Å². The van der Waals surface area contributed by atoms with Gasteiger partial charge < -0.3 is 10.4 Å². The van der Waals surface area contributed by atoms with Gasteiger partial charge in [-0.05, 0) is 18.2 Å². The van der Waals surface area contributed by atoms with Crippen LogP contribution in [0.3, 0.4) is 0 Å². The van der Waals surface area contributed by atoms with E-state index in [2.05, 4.69) is 26.2 Å². The Labute approximate surface area is 104 Å². The van der Waals surface area contributed by atoms with Gasteiger partial charge in [-0.2, -0.15) is 0 Å². The van der Waals surface area contributed by atoms with Crippen LogP contribution in [0.1, 0.15) is 10.5 Å². The summed E-state index contributed by atoms with van der Waals surface area (Å²) in [5.74, 6) is -1.03. The fourth-order valence-corrected chi connectivity index (χ4v) is 2.28. The van der Waals surface area contributed by atoms with Crippen LogP contribution >= 0.6 is 27.3 Å². The average Bonchev–Trinajstić information content (AvgIpc) is 2.66. The minimum atomic E-state index is -1.03. The van der Waals surface area contributed by atoms with Gasteiger partial charge in [-0.1, -0.05) is 22.0 Å². The third-order valence-electron chi connectivity index (χ3n) is 1.85. The molecular weight excluding hydrogens is 292 g/mol. The van der Waals surface area contributed by atoms with Crippen molar-refractivity contribution in [2.24, 2.45) is 0 Å². The van der Waals surface area contributed by atoms with Crippen molar-refractivity contribution < 1.29 is 9.90 Å².